The fourth-order valence-corrected chi connectivity index (χ4v) is 3.05. The van der Waals surface area contributed by atoms with Crippen LogP contribution in [-0.4, -0.2) is 30.4 Å². The van der Waals surface area contributed by atoms with Crippen LogP contribution in [0.2, 0.25) is 0 Å². The molecular weight excluding hydrogens is 412 g/mol. The van der Waals surface area contributed by atoms with Gasteiger partial charge in [-0.3, -0.25) is 9.59 Å². The van der Waals surface area contributed by atoms with Gasteiger partial charge in [0.2, 0.25) is 5.91 Å². The zero-order chi connectivity index (χ0) is 19.4. The van der Waals surface area contributed by atoms with Crippen LogP contribution in [0.4, 0.5) is 11.4 Å². The summed E-state index contributed by atoms with van der Waals surface area (Å²) in [6.07, 6.45) is 0.362. The van der Waals surface area contributed by atoms with Crippen LogP contribution in [0.25, 0.3) is 0 Å². The number of nitrogens with zero attached hydrogens (tertiary/aromatic N) is 1. The van der Waals surface area contributed by atoms with Gasteiger partial charge in [0.1, 0.15) is 0 Å². The van der Waals surface area contributed by atoms with Gasteiger partial charge in [0.05, 0.1) is 5.56 Å². The number of nitrogens with one attached hydrogen (secondary N) is 1. The van der Waals surface area contributed by atoms with Crippen molar-refractivity contribution in [3.8, 4) is 0 Å². The first-order valence-corrected chi connectivity index (χ1v) is 9.41. The molecule has 2 aromatic rings. The average Bonchev–Trinajstić information content (AvgIpc) is 3.09. The van der Waals surface area contributed by atoms with Crippen molar-refractivity contribution in [3.05, 3.63) is 58.6 Å². The first-order chi connectivity index (χ1) is 12.9. The van der Waals surface area contributed by atoms with Gasteiger partial charge in [0, 0.05) is 28.8 Å². The number of carbonyl (C=O) groups excluding carboxylic acids is 3. The Bertz CT molecular complexity index is 867. The van der Waals surface area contributed by atoms with Gasteiger partial charge in [-0.05, 0) is 55.8 Å². The quantitative estimate of drug-likeness (QED) is 0.732. The fraction of sp³-hybridized carbons (Fsp3) is 0.250. The maximum absolute atomic E-state index is 12.4. The van der Waals surface area contributed by atoms with E-state index in [4.69, 9.17) is 4.74 Å². The summed E-state index contributed by atoms with van der Waals surface area (Å²) in [7, 11) is 0. The summed E-state index contributed by atoms with van der Waals surface area (Å²) in [5.41, 5.74) is 1.58. The van der Waals surface area contributed by atoms with E-state index in [0.717, 1.165) is 10.9 Å². The van der Waals surface area contributed by atoms with E-state index in [1.54, 1.807) is 53.4 Å². The monoisotopic (exact) mass is 430 g/mol. The highest BCUT2D eigenvalue weighted by molar-refractivity contribution is 9.10. The zero-order valence-electron chi connectivity index (χ0n) is 14.8. The minimum atomic E-state index is -0.960. The first kappa shape index (κ1) is 19.1. The molecule has 1 atom stereocenters. The van der Waals surface area contributed by atoms with Crippen molar-refractivity contribution in [1.29, 1.82) is 0 Å². The standard InChI is InChI=1S/C20H19BrN2O4/c1-13(19(25)22-16-9-7-15(21)8-10-16)27-20(26)14-4-2-5-17(12-14)23-11-3-6-18(23)24/h2,4-5,7-10,12-13H,3,6,11H2,1H3,(H,22,25). The van der Waals surface area contributed by atoms with Crippen LogP contribution >= 0.6 is 15.9 Å². The van der Waals surface area contributed by atoms with E-state index in [1.807, 2.05) is 0 Å². The van der Waals surface area contributed by atoms with E-state index in [-0.39, 0.29) is 5.91 Å². The van der Waals surface area contributed by atoms with E-state index in [1.165, 1.54) is 6.92 Å². The summed E-state index contributed by atoms with van der Waals surface area (Å²) in [5, 5.41) is 2.70. The smallest absolute Gasteiger partial charge is 0.338 e. The molecule has 0 radical (unpaired) electrons. The zero-order valence-corrected chi connectivity index (χ0v) is 16.4. The number of anilines is 2. The molecule has 1 fully saturated rings. The van der Waals surface area contributed by atoms with E-state index in [9.17, 15) is 14.4 Å². The van der Waals surface area contributed by atoms with Crippen molar-refractivity contribution in [1.82, 2.24) is 0 Å². The number of amides is 2. The summed E-state index contributed by atoms with van der Waals surface area (Å²) in [6.45, 7) is 2.16. The lowest BCUT2D eigenvalue weighted by Gasteiger charge is -2.17. The number of esters is 1. The molecule has 0 aliphatic carbocycles. The molecule has 1 saturated heterocycles. The minimum absolute atomic E-state index is 0.0442. The molecule has 7 heteroatoms. The molecule has 0 aromatic heterocycles. The SMILES string of the molecule is CC(OC(=O)c1cccc(N2CCCC2=O)c1)C(=O)Nc1ccc(Br)cc1. The Morgan fingerprint density at radius 1 is 1.19 bits per heavy atom. The fourth-order valence-electron chi connectivity index (χ4n) is 2.78. The van der Waals surface area contributed by atoms with E-state index < -0.39 is 18.0 Å². The van der Waals surface area contributed by atoms with E-state index >= 15 is 0 Å². The number of hydrogen-bond acceptors (Lipinski definition) is 4. The Balaban J connectivity index is 1.63. The molecule has 2 amide bonds. The third-order valence-electron chi connectivity index (χ3n) is 4.23. The van der Waals surface area contributed by atoms with Gasteiger partial charge in [-0.2, -0.15) is 0 Å². The maximum atomic E-state index is 12.4. The summed E-state index contributed by atoms with van der Waals surface area (Å²) < 4.78 is 6.17. The third-order valence-corrected chi connectivity index (χ3v) is 4.76. The van der Waals surface area contributed by atoms with Crippen molar-refractivity contribution in [2.75, 3.05) is 16.8 Å². The molecule has 0 spiro atoms. The number of rotatable bonds is 5. The Hall–Kier alpha value is -2.67. The molecule has 140 valence electrons. The molecule has 0 bridgehead atoms. The van der Waals surface area contributed by atoms with Gasteiger partial charge >= 0.3 is 5.97 Å². The maximum Gasteiger partial charge on any atom is 0.338 e. The van der Waals surface area contributed by atoms with Crippen molar-refractivity contribution in [2.24, 2.45) is 0 Å². The largest absolute Gasteiger partial charge is 0.449 e. The van der Waals surface area contributed by atoms with Gasteiger partial charge in [0.15, 0.2) is 6.10 Å². The van der Waals surface area contributed by atoms with Gasteiger partial charge in [-0.1, -0.05) is 22.0 Å². The van der Waals surface area contributed by atoms with Crippen molar-refractivity contribution in [2.45, 2.75) is 25.9 Å². The van der Waals surface area contributed by atoms with Gasteiger partial charge < -0.3 is 15.0 Å². The Kier molecular flexibility index (Phi) is 5.91. The van der Waals surface area contributed by atoms with Crippen LogP contribution in [0.5, 0.6) is 0 Å². The van der Waals surface area contributed by atoms with Crippen LogP contribution in [0.3, 0.4) is 0 Å². The van der Waals surface area contributed by atoms with Crippen molar-refractivity contribution < 1.29 is 19.1 Å². The Morgan fingerprint density at radius 2 is 1.93 bits per heavy atom. The highest BCUT2D eigenvalue weighted by Gasteiger charge is 2.23. The van der Waals surface area contributed by atoms with Gasteiger partial charge in [0.25, 0.3) is 5.91 Å². The molecular formula is C20H19BrN2O4. The third kappa shape index (κ3) is 4.74. The van der Waals surface area contributed by atoms with Crippen LogP contribution in [0, 0.1) is 0 Å². The Morgan fingerprint density at radius 3 is 2.59 bits per heavy atom. The van der Waals surface area contributed by atoms with Crippen molar-refractivity contribution in [3.63, 3.8) is 0 Å². The molecule has 27 heavy (non-hydrogen) atoms. The predicted octanol–water partition coefficient (Wildman–Crippen LogP) is 3.76. The van der Waals surface area contributed by atoms with E-state index in [0.29, 0.717) is 29.9 Å². The summed E-state index contributed by atoms with van der Waals surface area (Å²) in [5.74, 6) is -0.985. The van der Waals surface area contributed by atoms with E-state index in [2.05, 4.69) is 21.2 Å². The van der Waals surface area contributed by atoms with Gasteiger partial charge in [-0.15, -0.1) is 0 Å². The second kappa shape index (κ2) is 8.35. The number of hydrogen-bond donors (Lipinski definition) is 1. The summed E-state index contributed by atoms with van der Waals surface area (Å²) in [6, 6.07) is 13.8. The first-order valence-electron chi connectivity index (χ1n) is 8.62. The molecule has 3 rings (SSSR count). The lowest BCUT2D eigenvalue weighted by atomic mass is 10.2. The number of ether oxygens (including phenoxy) is 1. The molecule has 1 aliphatic rings. The normalized spacial score (nSPS) is 14.7. The van der Waals surface area contributed by atoms with Crippen LogP contribution < -0.4 is 10.2 Å². The number of halogens is 1. The summed E-state index contributed by atoms with van der Waals surface area (Å²) in [4.78, 5) is 38.1. The number of carbonyl (C=O) groups is 3. The second-order valence-corrected chi connectivity index (χ2v) is 7.16. The van der Waals surface area contributed by atoms with Gasteiger partial charge in [-0.25, -0.2) is 4.79 Å². The second-order valence-electron chi connectivity index (χ2n) is 6.24. The van der Waals surface area contributed by atoms with Crippen molar-refractivity contribution >= 4 is 45.1 Å². The molecule has 6 nitrogen and oxygen atoms in total. The average molecular weight is 431 g/mol. The lowest BCUT2D eigenvalue weighted by molar-refractivity contribution is -0.123. The van der Waals surface area contributed by atoms with Crippen LogP contribution in [-0.2, 0) is 14.3 Å². The summed E-state index contributed by atoms with van der Waals surface area (Å²) >= 11 is 3.33. The topological polar surface area (TPSA) is 75.7 Å². The minimum Gasteiger partial charge on any atom is -0.449 e. The molecule has 1 N–H and O–H groups in total. The Labute approximate surface area is 165 Å². The highest BCUT2D eigenvalue weighted by Crippen LogP contribution is 2.23. The predicted molar refractivity (Wildman–Crippen MR) is 106 cm³/mol. The highest BCUT2D eigenvalue weighted by atomic mass is 79.9. The molecule has 1 unspecified atom stereocenters. The molecule has 1 aliphatic heterocycles. The lowest BCUT2D eigenvalue weighted by Crippen LogP contribution is -2.30. The molecule has 2 aromatic carbocycles. The van der Waals surface area contributed by atoms with Crippen LogP contribution in [0.1, 0.15) is 30.1 Å². The molecule has 0 saturated carbocycles. The van der Waals surface area contributed by atoms with Crippen LogP contribution in [0.15, 0.2) is 53.0 Å². The number of benzene rings is 2. The molecule has 1 heterocycles.